The van der Waals surface area contributed by atoms with Crippen molar-refractivity contribution < 1.29 is 14.6 Å². The molecule has 0 spiro atoms. The van der Waals surface area contributed by atoms with Gasteiger partial charge in [0.1, 0.15) is 6.10 Å². The van der Waals surface area contributed by atoms with E-state index < -0.39 is 0 Å². The number of hydrogen-bond acceptors (Lipinski definition) is 4. The maximum Gasteiger partial charge on any atom is 0.311 e. The molecule has 0 aliphatic carbocycles. The van der Waals surface area contributed by atoms with Gasteiger partial charge in [0.15, 0.2) is 0 Å². The molecule has 0 rings (SSSR count). The summed E-state index contributed by atoms with van der Waals surface area (Å²) < 4.78 is 6.13. The highest BCUT2D eigenvalue weighted by atomic mass is 16.5. The van der Waals surface area contributed by atoms with E-state index in [4.69, 9.17) is 9.84 Å². The van der Waals surface area contributed by atoms with E-state index in [2.05, 4.69) is 33.0 Å². The second-order valence-corrected chi connectivity index (χ2v) is 11.0. The number of carbonyl (C=O) groups excluding carboxylic acids is 1. The Morgan fingerprint density at radius 3 is 1.74 bits per heavy atom. The van der Waals surface area contributed by atoms with Crippen LogP contribution in [-0.2, 0) is 9.53 Å². The number of aliphatic hydroxyl groups excluding tert-OH is 1. The Morgan fingerprint density at radius 2 is 1.18 bits per heavy atom. The van der Waals surface area contributed by atoms with Crippen LogP contribution in [0.15, 0.2) is 0 Å². The fourth-order valence-corrected chi connectivity index (χ4v) is 4.48. The van der Waals surface area contributed by atoms with E-state index in [9.17, 15) is 4.79 Å². The molecule has 0 aromatic carbocycles. The number of ether oxygens (including phenoxy) is 1. The van der Waals surface area contributed by atoms with Gasteiger partial charge in [-0.15, -0.1) is 0 Å². The Morgan fingerprint density at radius 1 is 0.706 bits per heavy atom. The van der Waals surface area contributed by atoms with Crippen molar-refractivity contribution in [2.45, 2.75) is 162 Å². The highest BCUT2D eigenvalue weighted by molar-refractivity contribution is 5.76. The molecule has 0 bridgehead atoms. The summed E-state index contributed by atoms with van der Waals surface area (Å²) in [6.07, 6.45) is 24.0. The lowest BCUT2D eigenvalue weighted by Gasteiger charge is -2.27. The molecule has 0 radical (unpaired) electrons. The van der Waals surface area contributed by atoms with Gasteiger partial charge in [-0.25, -0.2) is 0 Å². The molecule has 0 saturated carbocycles. The first-order chi connectivity index (χ1) is 16.5. The molecule has 0 aliphatic heterocycles. The summed E-state index contributed by atoms with van der Waals surface area (Å²) in [5.41, 5.74) is -0.389. The highest BCUT2D eigenvalue weighted by Crippen LogP contribution is 2.28. The van der Waals surface area contributed by atoms with Crippen LogP contribution >= 0.6 is 0 Å². The van der Waals surface area contributed by atoms with E-state index in [-0.39, 0.29) is 24.1 Å². The second kappa shape index (κ2) is 24.1. The summed E-state index contributed by atoms with van der Waals surface area (Å²) in [5, 5.41) is 12.2. The van der Waals surface area contributed by atoms with E-state index >= 15 is 0 Å². The van der Waals surface area contributed by atoms with Gasteiger partial charge in [-0.3, -0.25) is 4.79 Å². The molecule has 0 aromatic heterocycles. The maximum absolute atomic E-state index is 13.0. The number of carbonyl (C=O) groups is 1. The molecule has 2 N–H and O–H groups in total. The van der Waals surface area contributed by atoms with Gasteiger partial charge in [0, 0.05) is 6.61 Å². The van der Waals surface area contributed by atoms with Crippen molar-refractivity contribution in [3.63, 3.8) is 0 Å². The molecule has 0 fully saturated rings. The van der Waals surface area contributed by atoms with Crippen LogP contribution in [0.2, 0.25) is 0 Å². The average molecular weight is 484 g/mol. The van der Waals surface area contributed by atoms with E-state index in [1.807, 2.05) is 0 Å². The summed E-state index contributed by atoms with van der Waals surface area (Å²) in [7, 11) is 0. The Hall–Kier alpha value is -0.610. The summed E-state index contributed by atoms with van der Waals surface area (Å²) in [6.45, 7) is 10.8. The van der Waals surface area contributed by atoms with Crippen molar-refractivity contribution in [1.82, 2.24) is 5.32 Å². The zero-order valence-corrected chi connectivity index (χ0v) is 23.6. The van der Waals surface area contributed by atoms with Gasteiger partial charge in [0.05, 0.1) is 5.41 Å². The maximum atomic E-state index is 13.0. The Balaban J connectivity index is 4.29. The normalized spacial score (nSPS) is 11.9. The lowest BCUT2D eigenvalue weighted by molar-refractivity contribution is -0.161. The van der Waals surface area contributed by atoms with Crippen LogP contribution in [-0.4, -0.2) is 36.9 Å². The number of rotatable bonds is 26. The van der Waals surface area contributed by atoms with Crippen molar-refractivity contribution in [3.8, 4) is 0 Å². The van der Waals surface area contributed by atoms with Crippen molar-refractivity contribution in [3.05, 3.63) is 0 Å². The molecule has 34 heavy (non-hydrogen) atoms. The van der Waals surface area contributed by atoms with Crippen molar-refractivity contribution in [2.24, 2.45) is 5.41 Å². The zero-order valence-electron chi connectivity index (χ0n) is 23.6. The molecular weight excluding hydrogens is 422 g/mol. The molecule has 0 aliphatic rings. The van der Waals surface area contributed by atoms with E-state index in [0.29, 0.717) is 0 Å². The van der Waals surface area contributed by atoms with Crippen LogP contribution in [0.25, 0.3) is 0 Å². The summed E-state index contributed by atoms with van der Waals surface area (Å²) in [5.74, 6) is 0.0140. The van der Waals surface area contributed by atoms with E-state index in [1.54, 1.807) is 0 Å². The first-order valence-electron chi connectivity index (χ1n) is 15.0. The van der Waals surface area contributed by atoms with Crippen LogP contribution in [0, 0.1) is 5.41 Å². The average Bonchev–Trinajstić information content (AvgIpc) is 2.82. The predicted octanol–water partition coefficient (Wildman–Crippen LogP) is 8.35. The monoisotopic (exact) mass is 483 g/mol. The molecule has 0 unspecified atom stereocenters. The Kier molecular flexibility index (Phi) is 23.7. The number of esters is 1. The van der Waals surface area contributed by atoms with Crippen molar-refractivity contribution in [1.29, 1.82) is 0 Å². The number of unbranched alkanes of at least 4 members (excludes halogenated alkanes) is 13. The third kappa shape index (κ3) is 20.7. The molecule has 0 aromatic rings. The van der Waals surface area contributed by atoms with Gasteiger partial charge in [0.25, 0.3) is 0 Å². The van der Waals surface area contributed by atoms with Crippen LogP contribution in [0.1, 0.15) is 156 Å². The first kappa shape index (κ1) is 33.4. The minimum atomic E-state index is -0.389. The smallest absolute Gasteiger partial charge is 0.311 e. The van der Waals surface area contributed by atoms with Gasteiger partial charge in [0.2, 0.25) is 0 Å². The lowest BCUT2D eigenvalue weighted by Crippen LogP contribution is -2.31. The number of hydrogen-bond donors (Lipinski definition) is 2. The zero-order chi connectivity index (χ0) is 25.3. The first-order valence-corrected chi connectivity index (χ1v) is 15.0. The molecule has 0 amide bonds. The highest BCUT2D eigenvalue weighted by Gasteiger charge is 2.30. The van der Waals surface area contributed by atoms with Crippen LogP contribution in [0.4, 0.5) is 0 Å². The minimum absolute atomic E-state index is 0.0140. The third-order valence-electron chi connectivity index (χ3n) is 7.00. The van der Waals surface area contributed by atoms with Gasteiger partial charge < -0.3 is 15.2 Å². The predicted molar refractivity (Wildman–Crippen MR) is 147 cm³/mol. The third-order valence-corrected chi connectivity index (χ3v) is 7.00. The molecule has 0 heterocycles. The van der Waals surface area contributed by atoms with E-state index in [0.717, 1.165) is 58.0 Å². The number of nitrogens with one attached hydrogen (secondary N) is 1. The lowest BCUT2D eigenvalue weighted by atomic mass is 9.86. The Bertz CT molecular complexity index is 423. The fraction of sp³-hybridized carbons (Fsp3) is 0.967. The molecule has 0 atom stereocenters. The summed E-state index contributed by atoms with van der Waals surface area (Å²) in [6, 6.07) is 0. The second-order valence-electron chi connectivity index (χ2n) is 11.0. The minimum Gasteiger partial charge on any atom is -0.462 e. The molecule has 4 nitrogen and oxygen atoms in total. The van der Waals surface area contributed by atoms with E-state index in [1.165, 1.54) is 83.5 Å². The fourth-order valence-electron chi connectivity index (χ4n) is 4.48. The quantitative estimate of drug-likeness (QED) is 0.0958. The van der Waals surface area contributed by atoms with Crippen LogP contribution < -0.4 is 5.32 Å². The Labute approximate surface area is 213 Å². The standard InChI is InChI=1S/C30H61NO3/c1-5-7-9-11-13-17-22-28(23-18-14-12-10-8-6-2)34-29(33)30(3,4)24-19-15-16-20-25-31-26-21-27-32/h28,31-32H,5-27H2,1-4H3. The summed E-state index contributed by atoms with van der Waals surface area (Å²) >= 11 is 0. The molecule has 0 saturated heterocycles. The molecular formula is C30H61NO3. The summed E-state index contributed by atoms with van der Waals surface area (Å²) in [4.78, 5) is 13.0. The van der Waals surface area contributed by atoms with Gasteiger partial charge in [-0.1, -0.05) is 97.3 Å². The SMILES string of the molecule is CCCCCCCCC(CCCCCCCC)OC(=O)C(C)(C)CCCCCCNCCCO. The molecule has 204 valence electrons. The van der Waals surface area contributed by atoms with Gasteiger partial charge in [-0.2, -0.15) is 0 Å². The van der Waals surface area contributed by atoms with Crippen molar-refractivity contribution in [2.75, 3.05) is 19.7 Å². The number of aliphatic hydroxyl groups is 1. The van der Waals surface area contributed by atoms with Gasteiger partial charge in [-0.05, 0) is 71.9 Å². The van der Waals surface area contributed by atoms with Crippen LogP contribution in [0.5, 0.6) is 0 Å². The molecule has 4 heteroatoms. The van der Waals surface area contributed by atoms with Gasteiger partial charge >= 0.3 is 5.97 Å². The van der Waals surface area contributed by atoms with Crippen LogP contribution in [0.3, 0.4) is 0 Å². The topological polar surface area (TPSA) is 58.6 Å². The largest absolute Gasteiger partial charge is 0.462 e. The van der Waals surface area contributed by atoms with Crippen molar-refractivity contribution >= 4 is 5.97 Å².